The van der Waals surface area contributed by atoms with Crippen LogP contribution in [0.25, 0.3) is 11.1 Å². The predicted octanol–water partition coefficient (Wildman–Crippen LogP) is 6.68. The van der Waals surface area contributed by atoms with Crippen molar-refractivity contribution in [2.75, 3.05) is 0 Å². The monoisotopic (exact) mass is 440 g/mol. The SMILES string of the molecule is CCc1cccc(CS(=O)(=O)c2cccc(CCc3ccccc3-c3ccccc3)c2)c1. The molecule has 0 aliphatic heterocycles. The molecule has 0 spiro atoms. The molecular weight excluding hydrogens is 412 g/mol. The summed E-state index contributed by atoms with van der Waals surface area (Å²) in [6.45, 7) is 2.08. The molecule has 0 saturated carbocycles. The van der Waals surface area contributed by atoms with Gasteiger partial charge in [-0.3, -0.25) is 0 Å². The number of benzene rings is 4. The van der Waals surface area contributed by atoms with Crippen LogP contribution in [0.1, 0.15) is 29.2 Å². The maximum absolute atomic E-state index is 13.1. The maximum atomic E-state index is 13.1. The first kappa shape index (κ1) is 22.0. The molecule has 0 unspecified atom stereocenters. The van der Waals surface area contributed by atoms with Gasteiger partial charge in [-0.2, -0.15) is 0 Å². The fraction of sp³-hybridized carbons (Fsp3) is 0.172. The van der Waals surface area contributed by atoms with E-state index < -0.39 is 9.84 Å². The lowest BCUT2D eigenvalue weighted by Gasteiger charge is -2.11. The van der Waals surface area contributed by atoms with Gasteiger partial charge in [-0.1, -0.05) is 97.9 Å². The molecule has 3 heteroatoms. The molecule has 162 valence electrons. The van der Waals surface area contributed by atoms with Crippen LogP contribution in [0.2, 0.25) is 0 Å². The molecule has 4 aromatic carbocycles. The minimum atomic E-state index is -3.39. The van der Waals surface area contributed by atoms with Gasteiger partial charge < -0.3 is 0 Å². The van der Waals surface area contributed by atoms with E-state index in [1.165, 1.54) is 16.7 Å². The van der Waals surface area contributed by atoms with Crippen LogP contribution in [0.5, 0.6) is 0 Å². The van der Waals surface area contributed by atoms with Gasteiger partial charge in [0, 0.05) is 0 Å². The molecule has 0 aromatic heterocycles. The standard InChI is InChI=1S/C29H28O2S/c1-2-23-10-8-12-25(20-23)22-32(30,31)28-16-9-11-24(21-28)18-19-27-15-6-7-17-29(27)26-13-4-3-5-14-26/h3-17,20-21H,2,18-19,22H2,1H3. The van der Waals surface area contributed by atoms with Gasteiger partial charge in [0.2, 0.25) is 0 Å². The molecule has 32 heavy (non-hydrogen) atoms. The Balaban J connectivity index is 1.52. The van der Waals surface area contributed by atoms with Crippen molar-refractivity contribution in [3.8, 4) is 11.1 Å². The zero-order valence-electron chi connectivity index (χ0n) is 18.4. The summed E-state index contributed by atoms with van der Waals surface area (Å²) in [7, 11) is -3.39. The van der Waals surface area contributed by atoms with E-state index >= 15 is 0 Å². The van der Waals surface area contributed by atoms with E-state index in [4.69, 9.17) is 0 Å². The van der Waals surface area contributed by atoms with Crippen LogP contribution in [0, 0.1) is 0 Å². The molecule has 0 bridgehead atoms. The van der Waals surface area contributed by atoms with Gasteiger partial charge in [0.25, 0.3) is 0 Å². The van der Waals surface area contributed by atoms with Gasteiger partial charge in [0.05, 0.1) is 10.6 Å². The van der Waals surface area contributed by atoms with Crippen LogP contribution in [0.15, 0.2) is 108 Å². The number of rotatable bonds is 8. The summed E-state index contributed by atoms with van der Waals surface area (Å²) in [5, 5.41) is 0. The van der Waals surface area contributed by atoms with Gasteiger partial charge in [0.15, 0.2) is 9.84 Å². The molecule has 4 rings (SSSR count). The Bertz CT molecular complexity index is 1290. The van der Waals surface area contributed by atoms with Gasteiger partial charge >= 0.3 is 0 Å². The van der Waals surface area contributed by atoms with E-state index in [0.29, 0.717) is 4.90 Å². The number of sulfone groups is 1. The fourth-order valence-electron chi connectivity index (χ4n) is 4.05. The van der Waals surface area contributed by atoms with Crippen LogP contribution in [-0.2, 0) is 34.9 Å². The topological polar surface area (TPSA) is 34.1 Å². The van der Waals surface area contributed by atoms with Crippen molar-refractivity contribution in [3.63, 3.8) is 0 Å². The summed E-state index contributed by atoms with van der Waals surface area (Å²) in [4.78, 5) is 0.397. The molecule has 0 saturated heterocycles. The molecule has 2 nitrogen and oxygen atoms in total. The highest BCUT2D eigenvalue weighted by atomic mass is 32.2. The number of hydrogen-bond donors (Lipinski definition) is 0. The van der Waals surface area contributed by atoms with Gasteiger partial charge in [-0.05, 0) is 64.8 Å². The maximum Gasteiger partial charge on any atom is 0.182 e. The molecule has 0 amide bonds. The quantitative estimate of drug-likeness (QED) is 0.306. The molecule has 4 aromatic rings. The Hall–Kier alpha value is -3.17. The number of aryl methyl sites for hydroxylation is 3. The van der Waals surface area contributed by atoms with Crippen LogP contribution in [0.4, 0.5) is 0 Å². The first-order valence-corrected chi connectivity index (χ1v) is 12.7. The molecule has 0 heterocycles. The summed E-state index contributed by atoms with van der Waals surface area (Å²) in [5.41, 5.74) is 6.73. The first-order chi connectivity index (χ1) is 15.5. The van der Waals surface area contributed by atoms with Crippen molar-refractivity contribution < 1.29 is 8.42 Å². The zero-order valence-corrected chi connectivity index (χ0v) is 19.2. The average Bonchev–Trinajstić information content (AvgIpc) is 2.83. The summed E-state index contributed by atoms with van der Waals surface area (Å²) in [5.74, 6) is 0.0289. The lowest BCUT2D eigenvalue weighted by atomic mass is 9.95. The van der Waals surface area contributed by atoms with Crippen molar-refractivity contribution in [1.82, 2.24) is 0 Å². The van der Waals surface area contributed by atoms with Gasteiger partial charge in [-0.25, -0.2) is 8.42 Å². The van der Waals surface area contributed by atoms with E-state index in [1.54, 1.807) is 6.07 Å². The largest absolute Gasteiger partial charge is 0.223 e. The molecular formula is C29H28O2S. The van der Waals surface area contributed by atoms with Gasteiger partial charge in [0.1, 0.15) is 0 Å². The van der Waals surface area contributed by atoms with E-state index in [0.717, 1.165) is 36.0 Å². The third-order valence-corrected chi connectivity index (χ3v) is 7.48. The summed E-state index contributed by atoms with van der Waals surface area (Å²) >= 11 is 0. The van der Waals surface area contributed by atoms with Crippen molar-refractivity contribution in [2.24, 2.45) is 0 Å². The van der Waals surface area contributed by atoms with Crippen LogP contribution in [0.3, 0.4) is 0 Å². The molecule has 0 atom stereocenters. The Morgan fingerprint density at radius 2 is 1.31 bits per heavy atom. The number of hydrogen-bond acceptors (Lipinski definition) is 2. The van der Waals surface area contributed by atoms with Crippen molar-refractivity contribution in [2.45, 2.75) is 36.8 Å². The smallest absolute Gasteiger partial charge is 0.182 e. The highest BCUT2D eigenvalue weighted by molar-refractivity contribution is 7.90. The van der Waals surface area contributed by atoms with Crippen LogP contribution in [-0.4, -0.2) is 8.42 Å². The minimum Gasteiger partial charge on any atom is -0.223 e. The zero-order chi connectivity index (χ0) is 22.4. The lowest BCUT2D eigenvalue weighted by Crippen LogP contribution is -2.06. The molecule has 0 fully saturated rings. The van der Waals surface area contributed by atoms with Crippen LogP contribution < -0.4 is 0 Å². The third-order valence-electron chi connectivity index (χ3n) is 5.80. The van der Waals surface area contributed by atoms with E-state index in [9.17, 15) is 8.42 Å². The highest BCUT2D eigenvalue weighted by Crippen LogP contribution is 2.25. The van der Waals surface area contributed by atoms with E-state index in [-0.39, 0.29) is 5.75 Å². The summed E-state index contributed by atoms with van der Waals surface area (Å²) in [6, 6.07) is 34.1. The van der Waals surface area contributed by atoms with Crippen molar-refractivity contribution in [1.29, 1.82) is 0 Å². The van der Waals surface area contributed by atoms with Crippen LogP contribution >= 0.6 is 0 Å². The second kappa shape index (κ2) is 9.97. The first-order valence-electron chi connectivity index (χ1n) is 11.1. The summed E-state index contributed by atoms with van der Waals surface area (Å²) < 4.78 is 26.1. The Labute approximate surface area is 191 Å². The second-order valence-corrected chi connectivity index (χ2v) is 10.1. The molecule has 0 radical (unpaired) electrons. The summed E-state index contributed by atoms with van der Waals surface area (Å²) in [6.07, 6.45) is 2.54. The van der Waals surface area contributed by atoms with Crippen molar-refractivity contribution in [3.05, 3.63) is 125 Å². The van der Waals surface area contributed by atoms with E-state index in [2.05, 4.69) is 55.5 Å². The van der Waals surface area contributed by atoms with Crippen molar-refractivity contribution >= 4 is 9.84 Å². The van der Waals surface area contributed by atoms with Gasteiger partial charge in [-0.15, -0.1) is 0 Å². The second-order valence-electron chi connectivity index (χ2n) is 8.10. The highest BCUT2D eigenvalue weighted by Gasteiger charge is 2.16. The molecule has 0 aliphatic rings. The Morgan fingerprint density at radius 1 is 0.625 bits per heavy atom. The molecule has 0 aliphatic carbocycles. The van der Waals surface area contributed by atoms with E-state index in [1.807, 2.05) is 48.5 Å². The lowest BCUT2D eigenvalue weighted by molar-refractivity contribution is 0.595. The third kappa shape index (κ3) is 5.35. The normalized spacial score (nSPS) is 11.4. The fourth-order valence-corrected chi connectivity index (χ4v) is 5.46. The average molecular weight is 441 g/mol. The molecule has 0 N–H and O–H groups in total. The Kier molecular flexibility index (Phi) is 6.87. The Morgan fingerprint density at radius 3 is 2.12 bits per heavy atom. The predicted molar refractivity (Wildman–Crippen MR) is 132 cm³/mol. The minimum absolute atomic E-state index is 0.0289.